The van der Waals surface area contributed by atoms with Gasteiger partial charge in [0.25, 0.3) is 0 Å². The molecule has 13 heteroatoms. The van der Waals surface area contributed by atoms with Crippen molar-refractivity contribution in [1.82, 2.24) is 25.9 Å². The van der Waals surface area contributed by atoms with Crippen LogP contribution in [0, 0.1) is 9.49 Å². The highest BCUT2D eigenvalue weighted by atomic mass is 127. The van der Waals surface area contributed by atoms with E-state index in [0.717, 1.165) is 70.6 Å². The molecule has 4 amide bonds. The van der Waals surface area contributed by atoms with Gasteiger partial charge >= 0.3 is 0 Å². The summed E-state index contributed by atoms with van der Waals surface area (Å²) in [6, 6.07) is 16.3. The fourth-order valence-corrected chi connectivity index (χ4v) is 7.89. The molecule has 1 aliphatic carbocycles. The number of para-hydroxylation sites is 2. The minimum absolute atomic E-state index is 0.114. The maximum atomic E-state index is 14.3. The quantitative estimate of drug-likeness (QED) is 0.0725. The molecule has 0 saturated heterocycles. The van der Waals surface area contributed by atoms with E-state index >= 15 is 0 Å². The number of carbonyl (C=O) groups is 4. The standard InChI is InChI=1S/C40H46IN7O5/c41-29-16-24(14-15-36(29)49)17-30(42)38(51)47-34(18-23-8-2-1-3-9-23)39(52)48-35(20-26-22-45-32-13-7-5-11-28(26)32)40(53)46-33(37(43)50)19-25-21-44-31-12-6-4-10-27(25)31/h4-7,10-16,21-23,30,33-35,44-45,49H,1-3,8-9,17-20,42H2,(H2,43,50)(H,46,53)(H,47,51)(H,48,52)/t30-,33+,34+,35-/m0/s1. The smallest absolute Gasteiger partial charge is 0.243 e. The van der Waals surface area contributed by atoms with E-state index in [2.05, 4.69) is 25.9 Å². The predicted molar refractivity (Wildman–Crippen MR) is 213 cm³/mol. The molecule has 53 heavy (non-hydrogen) atoms. The highest BCUT2D eigenvalue weighted by molar-refractivity contribution is 14.1. The normalized spacial score (nSPS) is 15.7. The van der Waals surface area contributed by atoms with Gasteiger partial charge in [0.2, 0.25) is 23.6 Å². The Hall–Kier alpha value is -4.89. The Labute approximate surface area is 321 Å². The van der Waals surface area contributed by atoms with E-state index in [9.17, 15) is 24.3 Å². The summed E-state index contributed by atoms with van der Waals surface area (Å²) in [7, 11) is 0. The summed E-state index contributed by atoms with van der Waals surface area (Å²) in [6.45, 7) is 0. The summed E-state index contributed by atoms with van der Waals surface area (Å²) in [4.78, 5) is 61.1. The van der Waals surface area contributed by atoms with Gasteiger partial charge < -0.3 is 42.5 Å². The van der Waals surface area contributed by atoms with Crippen molar-refractivity contribution in [2.24, 2.45) is 17.4 Å². The molecule has 10 N–H and O–H groups in total. The van der Waals surface area contributed by atoms with Gasteiger partial charge in [-0.05, 0) is 82.3 Å². The van der Waals surface area contributed by atoms with Crippen LogP contribution < -0.4 is 27.4 Å². The largest absolute Gasteiger partial charge is 0.507 e. The van der Waals surface area contributed by atoms with Gasteiger partial charge in [-0.15, -0.1) is 0 Å². The van der Waals surface area contributed by atoms with Crippen molar-refractivity contribution in [2.75, 3.05) is 0 Å². The molecule has 0 unspecified atom stereocenters. The molecule has 0 bridgehead atoms. The lowest BCUT2D eigenvalue weighted by Crippen LogP contribution is -2.58. The van der Waals surface area contributed by atoms with Crippen molar-refractivity contribution in [2.45, 2.75) is 82.0 Å². The molecule has 1 fully saturated rings. The van der Waals surface area contributed by atoms with Crippen molar-refractivity contribution in [1.29, 1.82) is 0 Å². The number of halogens is 1. The first-order chi connectivity index (χ1) is 25.5. The maximum absolute atomic E-state index is 14.3. The first-order valence-electron chi connectivity index (χ1n) is 18.1. The van der Waals surface area contributed by atoms with Crippen LogP contribution in [0.1, 0.15) is 55.2 Å². The second-order valence-corrected chi connectivity index (χ2v) is 15.2. The van der Waals surface area contributed by atoms with Crippen molar-refractivity contribution < 1.29 is 24.3 Å². The number of carbonyl (C=O) groups excluding carboxylic acids is 4. The fraction of sp³-hybridized carbons (Fsp3) is 0.350. The second-order valence-electron chi connectivity index (χ2n) is 14.0. The van der Waals surface area contributed by atoms with E-state index in [1.807, 2.05) is 71.1 Å². The topological polar surface area (TPSA) is 208 Å². The van der Waals surface area contributed by atoms with E-state index in [0.29, 0.717) is 9.99 Å². The van der Waals surface area contributed by atoms with Crippen LogP contribution in [-0.4, -0.2) is 62.9 Å². The van der Waals surface area contributed by atoms with Crippen LogP contribution in [0.2, 0.25) is 0 Å². The lowest BCUT2D eigenvalue weighted by atomic mass is 9.84. The highest BCUT2D eigenvalue weighted by Gasteiger charge is 2.33. The number of primary amides is 1. The molecule has 5 aromatic rings. The molecule has 1 saturated carbocycles. The Morgan fingerprint density at radius 3 is 1.89 bits per heavy atom. The number of aromatic amines is 2. The summed E-state index contributed by atoms with van der Waals surface area (Å²) in [5, 5.41) is 20.4. The van der Waals surface area contributed by atoms with Gasteiger partial charge in [0.05, 0.1) is 9.61 Å². The third-order valence-corrected chi connectivity index (χ3v) is 11.1. The third-order valence-electron chi connectivity index (χ3n) is 10.2. The van der Waals surface area contributed by atoms with E-state index < -0.39 is 47.8 Å². The van der Waals surface area contributed by atoms with Gasteiger partial charge in [-0.1, -0.05) is 74.6 Å². The number of fused-ring (bicyclic) bond motifs is 2. The average molecular weight is 832 g/mol. The summed E-state index contributed by atoms with van der Waals surface area (Å²) in [5.74, 6) is -1.93. The highest BCUT2D eigenvalue weighted by Crippen LogP contribution is 2.28. The zero-order valence-corrected chi connectivity index (χ0v) is 31.5. The Balaban J connectivity index is 1.23. The van der Waals surface area contributed by atoms with Gasteiger partial charge in [-0.3, -0.25) is 19.2 Å². The average Bonchev–Trinajstić information content (AvgIpc) is 3.76. The van der Waals surface area contributed by atoms with Crippen LogP contribution in [-0.2, 0) is 38.4 Å². The van der Waals surface area contributed by atoms with Gasteiger partial charge in [0, 0.05) is 47.0 Å². The van der Waals surface area contributed by atoms with Crippen LogP contribution >= 0.6 is 22.6 Å². The molecule has 1 aliphatic rings. The number of nitrogens with two attached hydrogens (primary N) is 2. The van der Waals surface area contributed by atoms with Crippen molar-refractivity contribution in [3.63, 3.8) is 0 Å². The summed E-state index contributed by atoms with van der Waals surface area (Å²) >= 11 is 2.01. The molecule has 6 rings (SSSR count). The first kappa shape index (κ1) is 37.9. The zero-order valence-electron chi connectivity index (χ0n) is 29.4. The van der Waals surface area contributed by atoms with Gasteiger partial charge in [0.1, 0.15) is 23.9 Å². The number of H-pyrrole nitrogens is 2. The minimum atomic E-state index is -1.11. The molecule has 2 heterocycles. The predicted octanol–water partition coefficient (Wildman–Crippen LogP) is 4.22. The van der Waals surface area contributed by atoms with E-state index in [4.69, 9.17) is 11.5 Å². The molecule has 0 spiro atoms. The lowest BCUT2D eigenvalue weighted by Gasteiger charge is -2.29. The minimum Gasteiger partial charge on any atom is -0.507 e. The molecule has 4 atom stereocenters. The molecular formula is C40H46IN7O5. The number of hydrogen-bond donors (Lipinski definition) is 8. The summed E-state index contributed by atoms with van der Waals surface area (Å²) < 4.78 is 0.641. The molecule has 0 aliphatic heterocycles. The maximum Gasteiger partial charge on any atom is 0.243 e. The number of nitrogens with one attached hydrogen (secondary N) is 5. The number of aromatic nitrogens is 2. The Morgan fingerprint density at radius 2 is 1.28 bits per heavy atom. The number of amides is 4. The van der Waals surface area contributed by atoms with Crippen molar-refractivity contribution in [3.05, 3.63) is 99.4 Å². The third kappa shape index (κ3) is 9.57. The Morgan fingerprint density at radius 1 is 0.736 bits per heavy atom. The number of phenolic OH excluding ortho intramolecular Hbond substituents is 1. The van der Waals surface area contributed by atoms with Crippen LogP contribution in [0.25, 0.3) is 21.8 Å². The number of benzene rings is 3. The van der Waals surface area contributed by atoms with Gasteiger partial charge in [-0.25, -0.2) is 0 Å². The second kappa shape index (κ2) is 17.3. The number of phenols is 1. The van der Waals surface area contributed by atoms with Crippen molar-refractivity contribution in [3.8, 4) is 5.75 Å². The first-order valence-corrected chi connectivity index (χ1v) is 19.2. The SMILES string of the molecule is NC(=O)[C@@H](Cc1c[nH]c2ccccc12)NC(=O)[C@H](Cc1c[nH]c2ccccc12)NC(=O)[C@@H](CC1CCCCC1)NC(=O)[C@@H](N)Cc1ccc(O)c(I)c1. The molecule has 12 nitrogen and oxygen atoms in total. The van der Waals surface area contributed by atoms with Gasteiger partial charge in [0.15, 0.2) is 0 Å². The molecule has 278 valence electrons. The van der Waals surface area contributed by atoms with Crippen LogP contribution in [0.15, 0.2) is 79.1 Å². The Bertz CT molecular complexity index is 2090. The molecule has 0 radical (unpaired) electrons. The van der Waals surface area contributed by atoms with Crippen LogP contribution in [0.5, 0.6) is 5.75 Å². The number of hydrogen-bond acceptors (Lipinski definition) is 6. The number of rotatable bonds is 15. The Kier molecular flexibility index (Phi) is 12.3. The molecule has 3 aromatic carbocycles. The molecular weight excluding hydrogens is 785 g/mol. The van der Waals surface area contributed by atoms with E-state index in [-0.39, 0.29) is 30.9 Å². The summed E-state index contributed by atoms with van der Waals surface area (Å²) in [6.07, 6.45) is 9.55. The van der Waals surface area contributed by atoms with Crippen LogP contribution in [0.4, 0.5) is 0 Å². The van der Waals surface area contributed by atoms with E-state index in [1.165, 1.54) is 0 Å². The van der Waals surface area contributed by atoms with E-state index in [1.54, 1.807) is 30.6 Å². The lowest BCUT2D eigenvalue weighted by molar-refractivity contribution is -0.133. The van der Waals surface area contributed by atoms with Crippen molar-refractivity contribution >= 4 is 68.0 Å². The number of aromatic hydroxyl groups is 1. The monoisotopic (exact) mass is 831 g/mol. The fourth-order valence-electron chi connectivity index (χ4n) is 7.31. The van der Waals surface area contributed by atoms with Gasteiger partial charge in [-0.2, -0.15) is 0 Å². The molecule has 2 aromatic heterocycles. The zero-order chi connectivity index (χ0) is 37.5. The van der Waals surface area contributed by atoms with Crippen LogP contribution in [0.3, 0.4) is 0 Å². The summed E-state index contributed by atoms with van der Waals surface area (Å²) in [5.41, 5.74) is 16.4.